The summed E-state index contributed by atoms with van der Waals surface area (Å²) in [5.41, 5.74) is 7.69. The molecule has 0 atom stereocenters. The first kappa shape index (κ1) is 27.0. The molecule has 38 heavy (non-hydrogen) atoms. The zero-order chi connectivity index (χ0) is 26.9. The van der Waals surface area contributed by atoms with Crippen molar-refractivity contribution in [2.24, 2.45) is 0 Å². The lowest BCUT2D eigenvalue weighted by Crippen LogP contribution is -2.34. The summed E-state index contributed by atoms with van der Waals surface area (Å²) in [4.78, 5) is 24.3. The quantitative estimate of drug-likeness (QED) is 0.360. The smallest absolute Gasteiger partial charge is 0.227 e. The molecule has 0 saturated carbocycles. The van der Waals surface area contributed by atoms with Crippen LogP contribution in [0.25, 0.3) is 0 Å². The summed E-state index contributed by atoms with van der Waals surface area (Å²) in [6, 6.07) is 12.9. The summed E-state index contributed by atoms with van der Waals surface area (Å²) in [5.74, 6) is 1.45. The number of β-amino-alcohol motifs (C(OH)–C–C–N with tert-alkyl or cyclic N) is 1. The number of fused-ring (bicyclic) bond motifs is 1. The molecule has 7 heteroatoms. The Labute approximate surface area is 234 Å². The molecule has 0 amide bonds. The Morgan fingerprint density at radius 3 is 2.68 bits per heavy atom. The largest absolute Gasteiger partial charge is 0.395 e. The van der Waals surface area contributed by atoms with E-state index in [4.69, 9.17) is 4.98 Å². The summed E-state index contributed by atoms with van der Waals surface area (Å²) < 4.78 is 0.894. The van der Waals surface area contributed by atoms with Gasteiger partial charge in [0, 0.05) is 30.3 Å². The fourth-order valence-corrected chi connectivity index (χ4v) is 6.46. The fraction of sp³-hybridized carbons (Fsp3) is 0.452. The standard InChI is InChI=1S/C31H37BrN4O2/c1-20-17-23(21-11-13-36(14-12-21)15-16-37)8-9-26(20)34-30-33-19-25(32)27(35-30)10-7-22-5-4-6-24-18-28(38)31(2,3)29(22)24/h4-6,8-9,17,19,21,37H,7,10-16,18H2,1-3H3,(H,33,34,35). The van der Waals surface area contributed by atoms with Crippen LogP contribution in [0.5, 0.6) is 0 Å². The molecule has 2 heterocycles. The molecular weight excluding hydrogens is 540 g/mol. The van der Waals surface area contributed by atoms with E-state index in [0.29, 0.717) is 24.1 Å². The monoisotopic (exact) mass is 576 g/mol. The number of aliphatic hydroxyl groups excluding tert-OH is 1. The summed E-state index contributed by atoms with van der Waals surface area (Å²) in [6.07, 6.45) is 6.17. The molecule has 6 nitrogen and oxygen atoms in total. The number of piperidine rings is 1. The van der Waals surface area contributed by atoms with Gasteiger partial charge in [-0.3, -0.25) is 4.79 Å². The third-order valence-electron chi connectivity index (χ3n) is 8.33. The van der Waals surface area contributed by atoms with Crippen LogP contribution in [0.15, 0.2) is 47.1 Å². The fourth-order valence-electron chi connectivity index (χ4n) is 6.07. The molecule has 1 aliphatic heterocycles. The van der Waals surface area contributed by atoms with Crippen molar-refractivity contribution in [3.63, 3.8) is 0 Å². The van der Waals surface area contributed by atoms with Crippen LogP contribution in [0, 0.1) is 6.92 Å². The zero-order valence-electron chi connectivity index (χ0n) is 22.6. The summed E-state index contributed by atoms with van der Waals surface area (Å²) >= 11 is 3.64. The minimum Gasteiger partial charge on any atom is -0.395 e. The number of nitrogens with zero attached hydrogens (tertiary/aromatic N) is 3. The highest BCUT2D eigenvalue weighted by molar-refractivity contribution is 9.10. The third-order valence-corrected chi connectivity index (χ3v) is 8.99. The van der Waals surface area contributed by atoms with E-state index >= 15 is 0 Å². The van der Waals surface area contributed by atoms with E-state index in [1.54, 1.807) is 0 Å². The van der Waals surface area contributed by atoms with Crippen molar-refractivity contribution in [1.82, 2.24) is 14.9 Å². The van der Waals surface area contributed by atoms with Gasteiger partial charge < -0.3 is 15.3 Å². The number of aliphatic hydroxyl groups is 1. The lowest BCUT2D eigenvalue weighted by Gasteiger charge is -2.32. The molecule has 1 aromatic heterocycles. The van der Waals surface area contributed by atoms with Crippen LogP contribution in [0.4, 0.5) is 11.6 Å². The Morgan fingerprint density at radius 1 is 1.16 bits per heavy atom. The minimum atomic E-state index is -0.429. The van der Waals surface area contributed by atoms with Crippen molar-refractivity contribution in [3.8, 4) is 0 Å². The van der Waals surface area contributed by atoms with E-state index in [2.05, 4.69) is 74.5 Å². The first-order chi connectivity index (χ1) is 18.3. The molecule has 0 spiro atoms. The molecule has 2 aromatic carbocycles. The van der Waals surface area contributed by atoms with Crippen LogP contribution in [-0.2, 0) is 29.5 Å². The van der Waals surface area contributed by atoms with Gasteiger partial charge in [0.05, 0.1) is 16.8 Å². The normalized spacial score (nSPS) is 17.6. The second-order valence-electron chi connectivity index (χ2n) is 11.2. The van der Waals surface area contributed by atoms with Gasteiger partial charge in [-0.15, -0.1) is 0 Å². The minimum absolute atomic E-state index is 0.234. The third kappa shape index (κ3) is 5.56. The molecule has 200 valence electrons. The predicted molar refractivity (Wildman–Crippen MR) is 155 cm³/mol. The number of Topliss-reactive ketones (excluding diaryl/α,β-unsaturated/α-hetero) is 1. The van der Waals surface area contributed by atoms with Gasteiger partial charge in [0.2, 0.25) is 5.95 Å². The predicted octanol–water partition coefficient (Wildman–Crippen LogP) is 5.65. The number of benzene rings is 2. The van der Waals surface area contributed by atoms with Crippen molar-refractivity contribution in [2.45, 2.75) is 64.2 Å². The molecule has 1 saturated heterocycles. The van der Waals surface area contributed by atoms with Gasteiger partial charge in [-0.2, -0.15) is 0 Å². The van der Waals surface area contributed by atoms with Crippen LogP contribution >= 0.6 is 15.9 Å². The van der Waals surface area contributed by atoms with Crippen molar-refractivity contribution >= 4 is 33.3 Å². The first-order valence-corrected chi connectivity index (χ1v) is 14.4. The Bertz CT molecular complexity index is 1330. The SMILES string of the molecule is Cc1cc(C2CCN(CCO)CC2)ccc1Nc1ncc(Br)c(CCc2cccc3c2C(C)(C)C(=O)C3)n1. The van der Waals surface area contributed by atoms with Gasteiger partial charge in [0.1, 0.15) is 5.78 Å². The molecular formula is C31H37BrN4O2. The number of hydrogen-bond donors (Lipinski definition) is 2. The van der Waals surface area contributed by atoms with Gasteiger partial charge in [-0.1, -0.05) is 30.3 Å². The Balaban J connectivity index is 1.27. The van der Waals surface area contributed by atoms with E-state index in [9.17, 15) is 9.90 Å². The average molecular weight is 578 g/mol. The lowest BCUT2D eigenvalue weighted by molar-refractivity contribution is -0.121. The maximum absolute atomic E-state index is 12.6. The highest BCUT2D eigenvalue weighted by Crippen LogP contribution is 2.38. The summed E-state index contributed by atoms with van der Waals surface area (Å²) in [6.45, 7) is 9.30. The number of rotatable bonds is 8. The number of hydrogen-bond acceptors (Lipinski definition) is 6. The maximum atomic E-state index is 12.6. The van der Waals surface area contributed by atoms with E-state index < -0.39 is 5.41 Å². The van der Waals surface area contributed by atoms with Gasteiger partial charge in [-0.25, -0.2) is 9.97 Å². The summed E-state index contributed by atoms with van der Waals surface area (Å²) in [7, 11) is 0. The van der Waals surface area contributed by atoms with Gasteiger partial charge in [0.25, 0.3) is 0 Å². The molecule has 0 unspecified atom stereocenters. The highest BCUT2D eigenvalue weighted by atomic mass is 79.9. The van der Waals surface area contributed by atoms with E-state index in [-0.39, 0.29) is 6.61 Å². The number of carbonyl (C=O) groups excluding carboxylic acids is 1. The zero-order valence-corrected chi connectivity index (χ0v) is 24.1. The molecule has 2 aliphatic rings. The number of aromatic nitrogens is 2. The van der Waals surface area contributed by atoms with E-state index in [0.717, 1.165) is 66.7 Å². The van der Waals surface area contributed by atoms with Crippen LogP contribution in [-0.4, -0.2) is 52.0 Å². The van der Waals surface area contributed by atoms with Gasteiger partial charge >= 0.3 is 0 Å². The lowest BCUT2D eigenvalue weighted by atomic mass is 9.82. The number of halogens is 1. The molecule has 2 N–H and O–H groups in total. The van der Waals surface area contributed by atoms with Crippen LogP contribution < -0.4 is 5.32 Å². The average Bonchev–Trinajstić information content (AvgIpc) is 3.14. The van der Waals surface area contributed by atoms with E-state index in [1.807, 2.05) is 20.0 Å². The van der Waals surface area contributed by atoms with Gasteiger partial charge in [0.15, 0.2) is 0 Å². The maximum Gasteiger partial charge on any atom is 0.227 e. The molecule has 0 bridgehead atoms. The van der Waals surface area contributed by atoms with Crippen molar-refractivity contribution in [1.29, 1.82) is 0 Å². The van der Waals surface area contributed by atoms with Crippen LogP contribution in [0.2, 0.25) is 0 Å². The summed E-state index contributed by atoms with van der Waals surface area (Å²) in [5, 5.41) is 12.6. The van der Waals surface area contributed by atoms with Crippen molar-refractivity contribution < 1.29 is 9.90 Å². The molecule has 3 aromatic rings. The number of nitrogens with one attached hydrogen (secondary N) is 1. The number of anilines is 2. The Morgan fingerprint density at radius 2 is 1.95 bits per heavy atom. The number of carbonyl (C=O) groups is 1. The second kappa shape index (κ2) is 11.2. The number of ketones is 1. The molecule has 1 fully saturated rings. The van der Waals surface area contributed by atoms with Crippen LogP contribution in [0.3, 0.4) is 0 Å². The van der Waals surface area contributed by atoms with Crippen molar-refractivity contribution in [3.05, 3.63) is 80.6 Å². The van der Waals surface area contributed by atoms with Gasteiger partial charge in [-0.05, 0) is 115 Å². The second-order valence-corrected chi connectivity index (χ2v) is 12.1. The highest BCUT2D eigenvalue weighted by Gasteiger charge is 2.39. The molecule has 0 radical (unpaired) electrons. The molecule has 1 aliphatic carbocycles. The van der Waals surface area contributed by atoms with Crippen molar-refractivity contribution in [2.75, 3.05) is 31.6 Å². The Hall–Kier alpha value is -2.61. The Kier molecular flexibility index (Phi) is 7.98. The number of aryl methyl sites for hydroxylation is 3. The topological polar surface area (TPSA) is 78.4 Å². The van der Waals surface area contributed by atoms with Crippen LogP contribution in [0.1, 0.15) is 66.1 Å². The van der Waals surface area contributed by atoms with E-state index in [1.165, 1.54) is 22.3 Å². The number of likely N-dealkylation sites (tertiary alicyclic amines) is 1. The molecule has 5 rings (SSSR count). The first-order valence-electron chi connectivity index (χ1n) is 13.6.